The minimum Gasteiger partial charge on any atom is -0.360 e. The Morgan fingerprint density at radius 1 is 1.04 bits per heavy atom. The van der Waals surface area contributed by atoms with Crippen molar-refractivity contribution in [2.75, 3.05) is 31.1 Å². The van der Waals surface area contributed by atoms with Gasteiger partial charge in [-0.25, -0.2) is 13.4 Å². The first-order chi connectivity index (χ1) is 13.0. The van der Waals surface area contributed by atoms with Crippen LogP contribution in [0, 0.1) is 13.8 Å². The van der Waals surface area contributed by atoms with E-state index in [1.54, 1.807) is 20.0 Å². The zero-order chi connectivity index (χ0) is 19.0. The van der Waals surface area contributed by atoms with Crippen LogP contribution in [0.4, 0.5) is 5.82 Å². The first-order valence-electron chi connectivity index (χ1n) is 8.86. The number of para-hydroxylation sites is 2. The van der Waals surface area contributed by atoms with Crippen molar-refractivity contribution in [3.8, 4) is 0 Å². The molecule has 9 heteroatoms. The van der Waals surface area contributed by atoms with E-state index in [1.165, 1.54) is 4.31 Å². The van der Waals surface area contributed by atoms with Gasteiger partial charge < -0.3 is 9.42 Å². The zero-order valence-corrected chi connectivity index (χ0v) is 16.1. The topological polar surface area (TPSA) is 92.4 Å². The lowest BCUT2D eigenvalue weighted by molar-refractivity contribution is 0.389. The van der Waals surface area contributed by atoms with Crippen LogP contribution in [-0.4, -0.2) is 54.0 Å². The van der Waals surface area contributed by atoms with Crippen LogP contribution in [0.25, 0.3) is 11.0 Å². The highest BCUT2D eigenvalue weighted by Crippen LogP contribution is 2.25. The van der Waals surface area contributed by atoms with Crippen molar-refractivity contribution in [1.29, 1.82) is 0 Å². The molecule has 1 aromatic carbocycles. The Labute approximate surface area is 157 Å². The standard InChI is InChI=1S/C18H21N5O3S/c1-13-18(14(2)26-21-13)27(24,25)23-9-5-8-22(10-11-23)17-12-19-15-6-3-4-7-16(15)20-17/h3-4,6-7,12H,5,8-11H2,1-2H3. The molecule has 3 aromatic rings. The lowest BCUT2D eigenvalue weighted by atomic mass is 10.3. The van der Waals surface area contributed by atoms with Gasteiger partial charge in [0.15, 0.2) is 5.76 Å². The second-order valence-electron chi connectivity index (χ2n) is 6.61. The Morgan fingerprint density at radius 2 is 1.81 bits per heavy atom. The van der Waals surface area contributed by atoms with Crippen LogP contribution < -0.4 is 4.90 Å². The molecule has 8 nitrogen and oxygen atoms in total. The highest BCUT2D eigenvalue weighted by molar-refractivity contribution is 7.89. The second kappa shape index (κ2) is 6.90. The van der Waals surface area contributed by atoms with E-state index in [1.807, 2.05) is 24.3 Å². The molecule has 1 fully saturated rings. The fourth-order valence-electron chi connectivity index (χ4n) is 3.44. The average molecular weight is 387 g/mol. The lowest BCUT2D eigenvalue weighted by Crippen LogP contribution is -2.35. The van der Waals surface area contributed by atoms with Crippen molar-refractivity contribution in [2.24, 2.45) is 0 Å². The summed E-state index contributed by atoms with van der Waals surface area (Å²) >= 11 is 0. The Morgan fingerprint density at radius 3 is 2.56 bits per heavy atom. The normalized spacial score (nSPS) is 16.6. The van der Waals surface area contributed by atoms with Gasteiger partial charge >= 0.3 is 0 Å². The van der Waals surface area contributed by atoms with Gasteiger partial charge in [0.1, 0.15) is 16.4 Å². The van der Waals surface area contributed by atoms with Crippen molar-refractivity contribution in [3.05, 3.63) is 41.9 Å². The number of rotatable bonds is 3. The quantitative estimate of drug-likeness (QED) is 0.680. The Kier molecular flexibility index (Phi) is 4.56. The molecule has 0 bridgehead atoms. The van der Waals surface area contributed by atoms with E-state index in [-0.39, 0.29) is 4.90 Å². The number of anilines is 1. The van der Waals surface area contributed by atoms with E-state index < -0.39 is 10.0 Å². The van der Waals surface area contributed by atoms with Gasteiger partial charge in [0.05, 0.1) is 17.2 Å². The number of hydrogen-bond acceptors (Lipinski definition) is 7. The Balaban J connectivity index is 1.57. The third kappa shape index (κ3) is 3.28. The van der Waals surface area contributed by atoms with E-state index in [9.17, 15) is 8.42 Å². The van der Waals surface area contributed by atoms with Gasteiger partial charge in [0, 0.05) is 26.2 Å². The van der Waals surface area contributed by atoms with Gasteiger partial charge in [0.25, 0.3) is 0 Å². The highest BCUT2D eigenvalue weighted by Gasteiger charge is 2.32. The molecule has 0 radical (unpaired) electrons. The molecule has 142 valence electrons. The van der Waals surface area contributed by atoms with E-state index in [0.717, 1.165) is 23.4 Å². The molecule has 1 aliphatic rings. The third-order valence-corrected chi connectivity index (χ3v) is 6.92. The second-order valence-corrected chi connectivity index (χ2v) is 8.49. The number of hydrogen-bond donors (Lipinski definition) is 0. The molecular weight excluding hydrogens is 366 g/mol. The summed E-state index contributed by atoms with van der Waals surface area (Å²) < 4.78 is 32.6. The van der Waals surface area contributed by atoms with Gasteiger partial charge in [-0.15, -0.1) is 0 Å². The van der Waals surface area contributed by atoms with E-state index in [4.69, 9.17) is 4.52 Å². The van der Waals surface area contributed by atoms with Crippen LogP contribution in [0.15, 0.2) is 39.9 Å². The molecule has 1 aliphatic heterocycles. The Bertz CT molecular complexity index is 1060. The van der Waals surface area contributed by atoms with Gasteiger partial charge in [-0.2, -0.15) is 4.31 Å². The summed E-state index contributed by atoms with van der Waals surface area (Å²) in [7, 11) is -3.63. The molecular formula is C18H21N5O3S. The molecule has 27 heavy (non-hydrogen) atoms. The van der Waals surface area contributed by atoms with Crippen LogP contribution in [-0.2, 0) is 10.0 Å². The maximum atomic E-state index is 13.0. The fraction of sp³-hybridized carbons (Fsp3) is 0.389. The van der Waals surface area contributed by atoms with Crippen LogP contribution in [0.5, 0.6) is 0 Å². The molecule has 0 saturated carbocycles. The summed E-state index contributed by atoms with van der Waals surface area (Å²) in [5, 5.41) is 3.78. The largest absolute Gasteiger partial charge is 0.360 e. The summed E-state index contributed by atoms with van der Waals surface area (Å²) in [5.41, 5.74) is 2.08. The number of aromatic nitrogens is 3. The summed E-state index contributed by atoms with van der Waals surface area (Å²) in [6.07, 6.45) is 2.46. The van der Waals surface area contributed by atoms with E-state index in [0.29, 0.717) is 37.5 Å². The van der Waals surface area contributed by atoms with Gasteiger partial charge in [0.2, 0.25) is 10.0 Å². The molecule has 0 amide bonds. The minimum atomic E-state index is -3.63. The average Bonchev–Trinajstić information content (AvgIpc) is 2.86. The van der Waals surface area contributed by atoms with Crippen LogP contribution in [0.3, 0.4) is 0 Å². The van der Waals surface area contributed by atoms with E-state index in [2.05, 4.69) is 20.0 Å². The molecule has 4 rings (SSSR count). The van der Waals surface area contributed by atoms with Gasteiger partial charge in [-0.3, -0.25) is 4.98 Å². The maximum absolute atomic E-state index is 13.0. The maximum Gasteiger partial charge on any atom is 0.248 e. The van der Waals surface area contributed by atoms with Gasteiger partial charge in [-0.1, -0.05) is 17.3 Å². The number of benzene rings is 1. The molecule has 0 N–H and O–H groups in total. The molecule has 3 heterocycles. The molecule has 0 unspecified atom stereocenters. The summed E-state index contributed by atoms with van der Waals surface area (Å²) in [5.74, 6) is 1.10. The Hall–Kier alpha value is -2.52. The zero-order valence-electron chi connectivity index (χ0n) is 15.3. The van der Waals surface area contributed by atoms with Crippen molar-refractivity contribution in [2.45, 2.75) is 25.2 Å². The predicted molar refractivity (Wildman–Crippen MR) is 101 cm³/mol. The summed E-state index contributed by atoms with van der Waals surface area (Å²) in [6, 6.07) is 7.71. The lowest BCUT2D eigenvalue weighted by Gasteiger charge is -2.22. The molecule has 0 aliphatic carbocycles. The monoisotopic (exact) mass is 387 g/mol. The van der Waals surface area contributed by atoms with Gasteiger partial charge in [-0.05, 0) is 32.4 Å². The van der Waals surface area contributed by atoms with E-state index >= 15 is 0 Å². The van der Waals surface area contributed by atoms with Crippen LogP contribution >= 0.6 is 0 Å². The predicted octanol–water partition coefficient (Wildman–Crippen LogP) is 2.14. The SMILES string of the molecule is Cc1noc(C)c1S(=O)(=O)N1CCCN(c2cnc3ccccc3n2)CC1. The smallest absolute Gasteiger partial charge is 0.248 e. The van der Waals surface area contributed by atoms with Crippen molar-refractivity contribution in [1.82, 2.24) is 19.4 Å². The number of aryl methyl sites for hydroxylation is 2. The number of sulfonamides is 1. The van der Waals surface area contributed by atoms with Crippen molar-refractivity contribution < 1.29 is 12.9 Å². The third-order valence-electron chi connectivity index (χ3n) is 4.78. The van der Waals surface area contributed by atoms with Crippen LogP contribution in [0.1, 0.15) is 17.9 Å². The summed E-state index contributed by atoms with van der Waals surface area (Å²) in [4.78, 5) is 11.4. The first-order valence-corrected chi connectivity index (χ1v) is 10.3. The minimum absolute atomic E-state index is 0.182. The molecule has 2 aromatic heterocycles. The fourth-order valence-corrected chi connectivity index (χ4v) is 5.20. The molecule has 0 spiro atoms. The van der Waals surface area contributed by atoms with Crippen LogP contribution in [0.2, 0.25) is 0 Å². The van der Waals surface area contributed by atoms with Crippen molar-refractivity contribution >= 4 is 26.9 Å². The summed E-state index contributed by atoms with van der Waals surface area (Å²) in [6.45, 7) is 5.38. The highest BCUT2D eigenvalue weighted by atomic mass is 32.2. The number of nitrogens with zero attached hydrogens (tertiary/aromatic N) is 5. The molecule has 1 saturated heterocycles. The number of fused-ring (bicyclic) bond motifs is 1. The van der Waals surface area contributed by atoms with Crippen molar-refractivity contribution in [3.63, 3.8) is 0 Å². The first kappa shape index (κ1) is 17.9. The molecule has 0 atom stereocenters.